The van der Waals surface area contributed by atoms with Gasteiger partial charge in [-0.2, -0.15) is 4.31 Å². The Morgan fingerprint density at radius 2 is 2.07 bits per heavy atom. The molecule has 156 valence electrons. The topological polar surface area (TPSA) is 75.7 Å². The number of methoxy groups -OCH3 is 1. The maximum absolute atomic E-state index is 13.7. The maximum atomic E-state index is 13.7. The van der Waals surface area contributed by atoms with Crippen LogP contribution in [-0.2, 0) is 21.4 Å². The molecule has 29 heavy (non-hydrogen) atoms. The van der Waals surface area contributed by atoms with Crippen molar-refractivity contribution in [2.24, 2.45) is 5.92 Å². The van der Waals surface area contributed by atoms with Crippen LogP contribution in [0.1, 0.15) is 18.4 Å². The van der Waals surface area contributed by atoms with Crippen molar-refractivity contribution in [1.82, 2.24) is 9.62 Å². The molecule has 6 nitrogen and oxygen atoms in total. The molecule has 0 aromatic heterocycles. The lowest BCUT2D eigenvalue weighted by molar-refractivity contribution is -0.126. The van der Waals surface area contributed by atoms with E-state index in [1.807, 2.05) is 12.1 Å². The monoisotopic (exact) mass is 440 g/mol. The van der Waals surface area contributed by atoms with E-state index in [1.165, 1.54) is 17.5 Å². The molecule has 1 aliphatic rings. The number of hydrogen-bond donors (Lipinski definition) is 1. The third kappa shape index (κ3) is 4.88. The van der Waals surface area contributed by atoms with Crippen molar-refractivity contribution in [1.29, 1.82) is 0 Å². The highest BCUT2D eigenvalue weighted by Crippen LogP contribution is 2.30. The van der Waals surface area contributed by atoms with E-state index in [1.54, 1.807) is 12.1 Å². The molecule has 1 aliphatic heterocycles. The molecule has 1 fully saturated rings. The predicted molar refractivity (Wildman–Crippen MR) is 108 cm³/mol. The molecule has 0 unspecified atom stereocenters. The van der Waals surface area contributed by atoms with Gasteiger partial charge in [-0.1, -0.05) is 29.8 Å². The van der Waals surface area contributed by atoms with Crippen molar-refractivity contribution in [3.63, 3.8) is 0 Å². The SMILES string of the molecule is COc1ccc(F)cc1S(=O)(=O)N1CCC[C@@H](C(=O)NCc2ccccc2Cl)C1. The summed E-state index contributed by atoms with van der Waals surface area (Å²) in [6.07, 6.45) is 1.10. The Kier molecular flexibility index (Phi) is 6.77. The quantitative estimate of drug-likeness (QED) is 0.748. The lowest BCUT2D eigenvalue weighted by atomic mass is 9.99. The van der Waals surface area contributed by atoms with E-state index in [9.17, 15) is 17.6 Å². The molecule has 0 saturated carbocycles. The minimum Gasteiger partial charge on any atom is -0.495 e. The summed E-state index contributed by atoms with van der Waals surface area (Å²) >= 11 is 6.10. The second-order valence-corrected chi connectivity index (χ2v) is 9.12. The van der Waals surface area contributed by atoms with Gasteiger partial charge in [0, 0.05) is 24.7 Å². The van der Waals surface area contributed by atoms with Gasteiger partial charge in [0.2, 0.25) is 15.9 Å². The Hall–Kier alpha value is -2.16. The van der Waals surface area contributed by atoms with Crippen LogP contribution in [0.4, 0.5) is 4.39 Å². The molecule has 2 aromatic rings. The number of nitrogens with zero attached hydrogens (tertiary/aromatic N) is 1. The summed E-state index contributed by atoms with van der Waals surface area (Å²) in [7, 11) is -2.67. The second-order valence-electron chi connectivity index (χ2n) is 6.81. The first-order chi connectivity index (χ1) is 13.8. The number of rotatable bonds is 6. The number of hydrogen-bond acceptors (Lipinski definition) is 4. The maximum Gasteiger partial charge on any atom is 0.246 e. The van der Waals surface area contributed by atoms with Crippen LogP contribution in [0.25, 0.3) is 0 Å². The summed E-state index contributed by atoms with van der Waals surface area (Å²) in [5.74, 6) is -1.34. The number of amides is 1. The summed E-state index contributed by atoms with van der Waals surface area (Å²) in [5, 5.41) is 3.38. The number of carbonyl (C=O) groups excluding carboxylic acids is 1. The Bertz CT molecular complexity index is 1000. The molecule has 1 N–H and O–H groups in total. The number of benzene rings is 2. The highest BCUT2D eigenvalue weighted by atomic mass is 35.5. The van der Waals surface area contributed by atoms with Crippen molar-refractivity contribution in [3.8, 4) is 5.75 Å². The Balaban J connectivity index is 1.72. The Morgan fingerprint density at radius 3 is 2.79 bits per heavy atom. The van der Waals surface area contributed by atoms with Crippen LogP contribution >= 0.6 is 11.6 Å². The third-order valence-electron chi connectivity index (χ3n) is 4.91. The van der Waals surface area contributed by atoms with Crippen LogP contribution in [0.2, 0.25) is 5.02 Å². The van der Waals surface area contributed by atoms with Crippen molar-refractivity contribution in [3.05, 3.63) is 58.9 Å². The van der Waals surface area contributed by atoms with Gasteiger partial charge >= 0.3 is 0 Å². The molecule has 1 saturated heterocycles. The van der Waals surface area contributed by atoms with Crippen molar-refractivity contribution < 1.29 is 22.3 Å². The average molecular weight is 441 g/mol. The van der Waals surface area contributed by atoms with Crippen molar-refractivity contribution in [2.45, 2.75) is 24.3 Å². The highest BCUT2D eigenvalue weighted by Gasteiger charge is 2.35. The third-order valence-corrected chi connectivity index (χ3v) is 7.16. The average Bonchev–Trinajstić information content (AvgIpc) is 2.73. The van der Waals surface area contributed by atoms with Crippen LogP contribution in [0.5, 0.6) is 5.75 Å². The molecule has 9 heteroatoms. The molecule has 0 radical (unpaired) electrons. The minimum absolute atomic E-state index is 0.0242. The van der Waals surface area contributed by atoms with Crippen LogP contribution in [-0.4, -0.2) is 38.8 Å². The molecular weight excluding hydrogens is 419 g/mol. The van der Waals surface area contributed by atoms with E-state index >= 15 is 0 Å². The zero-order valence-corrected chi connectivity index (χ0v) is 17.5. The number of carbonyl (C=O) groups is 1. The summed E-state index contributed by atoms with van der Waals surface area (Å²) in [5.41, 5.74) is 0.785. The van der Waals surface area contributed by atoms with E-state index in [0.717, 1.165) is 17.7 Å². The van der Waals surface area contributed by atoms with Gasteiger partial charge in [-0.15, -0.1) is 0 Å². The van der Waals surface area contributed by atoms with E-state index in [2.05, 4.69) is 5.32 Å². The van der Waals surface area contributed by atoms with Gasteiger partial charge in [0.25, 0.3) is 0 Å². The van der Waals surface area contributed by atoms with E-state index in [-0.39, 0.29) is 36.2 Å². The van der Waals surface area contributed by atoms with E-state index < -0.39 is 21.8 Å². The molecule has 1 atom stereocenters. The summed E-state index contributed by atoms with van der Waals surface area (Å²) < 4.78 is 46.1. The summed E-state index contributed by atoms with van der Waals surface area (Å²) in [6.45, 7) is 0.548. The normalized spacial score (nSPS) is 17.7. The molecular formula is C20H22ClFN2O4S. The van der Waals surface area contributed by atoms with Crippen molar-refractivity contribution >= 4 is 27.5 Å². The van der Waals surface area contributed by atoms with Gasteiger partial charge in [-0.3, -0.25) is 4.79 Å². The lowest BCUT2D eigenvalue weighted by Crippen LogP contribution is -2.45. The van der Waals surface area contributed by atoms with Gasteiger partial charge in [-0.25, -0.2) is 12.8 Å². The Morgan fingerprint density at radius 1 is 1.31 bits per heavy atom. The van der Waals surface area contributed by atoms with E-state index in [4.69, 9.17) is 16.3 Å². The first kappa shape index (κ1) is 21.5. The first-order valence-electron chi connectivity index (χ1n) is 9.17. The number of nitrogens with one attached hydrogen (secondary N) is 1. The van der Waals surface area contributed by atoms with Gasteiger partial charge in [0.05, 0.1) is 13.0 Å². The Labute approximate surface area is 174 Å². The predicted octanol–water partition coefficient (Wildman–Crippen LogP) is 3.20. The van der Waals surface area contributed by atoms with Crippen LogP contribution in [0, 0.1) is 11.7 Å². The van der Waals surface area contributed by atoms with Crippen molar-refractivity contribution in [2.75, 3.05) is 20.2 Å². The van der Waals surface area contributed by atoms with Gasteiger partial charge in [0.1, 0.15) is 16.5 Å². The van der Waals surface area contributed by atoms with Gasteiger partial charge in [-0.05, 0) is 42.7 Å². The standard InChI is InChI=1S/C20H22ClFN2O4S/c1-28-18-9-8-16(22)11-19(18)29(26,27)24-10-4-6-15(13-24)20(25)23-12-14-5-2-3-7-17(14)21/h2-3,5,7-9,11,15H,4,6,10,12-13H2,1H3,(H,23,25)/t15-/m1/s1. The largest absolute Gasteiger partial charge is 0.495 e. The fourth-order valence-corrected chi connectivity index (χ4v) is 5.23. The number of ether oxygens (including phenoxy) is 1. The molecule has 3 rings (SSSR count). The molecule has 0 spiro atoms. The molecule has 0 bridgehead atoms. The molecule has 1 amide bonds. The minimum atomic E-state index is -4.00. The number of piperidine rings is 1. The lowest BCUT2D eigenvalue weighted by Gasteiger charge is -2.31. The zero-order valence-electron chi connectivity index (χ0n) is 15.9. The number of halogens is 2. The second kappa shape index (κ2) is 9.11. The van der Waals surface area contributed by atoms with Gasteiger partial charge in [0.15, 0.2) is 0 Å². The zero-order chi connectivity index (χ0) is 21.0. The van der Waals surface area contributed by atoms with Gasteiger partial charge < -0.3 is 10.1 Å². The van der Waals surface area contributed by atoms with Crippen LogP contribution < -0.4 is 10.1 Å². The summed E-state index contributed by atoms with van der Waals surface area (Å²) in [4.78, 5) is 12.4. The van der Waals surface area contributed by atoms with E-state index in [0.29, 0.717) is 17.9 Å². The fourth-order valence-electron chi connectivity index (χ4n) is 3.33. The fraction of sp³-hybridized carbons (Fsp3) is 0.350. The number of sulfonamides is 1. The molecule has 0 aliphatic carbocycles. The molecule has 2 aromatic carbocycles. The van der Waals surface area contributed by atoms with Crippen LogP contribution in [0.15, 0.2) is 47.4 Å². The van der Waals surface area contributed by atoms with Crippen LogP contribution in [0.3, 0.4) is 0 Å². The highest BCUT2D eigenvalue weighted by molar-refractivity contribution is 7.89. The smallest absolute Gasteiger partial charge is 0.246 e. The first-order valence-corrected chi connectivity index (χ1v) is 11.0. The summed E-state index contributed by atoms with van der Waals surface area (Å²) in [6, 6.07) is 10.5. The molecule has 1 heterocycles.